The van der Waals surface area contributed by atoms with Crippen LogP contribution in [0, 0.1) is 6.92 Å². The smallest absolute Gasteiger partial charge is 0.348 e. The van der Waals surface area contributed by atoms with Gasteiger partial charge >= 0.3 is 5.97 Å². The second-order valence-corrected chi connectivity index (χ2v) is 10.0. The van der Waals surface area contributed by atoms with Gasteiger partial charge in [-0.2, -0.15) is 0 Å². The standard InChI is InChI=1S/C28H25ClN2O5S/c1-4-35-28(33)24-16(2)23-26(37-24)30-25-19(11-12-31(25)27(23)32)13-18-7-10-21(22(14-18)34-3)36-15-17-5-8-20(29)9-6-17/h5-10,13-14H,4,11-12,15H2,1-3H3/b19-13+. The number of methoxy groups -OCH3 is 1. The average molecular weight is 537 g/mol. The van der Waals surface area contributed by atoms with Crippen LogP contribution >= 0.6 is 22.9 Å². The lowest BCUT2D eigenvalue weighted by Gasteiger charge is -2.12. The number of halogens is 1. The number of hydrogen-bond acceptors (Lipinski definition) is 7. The molecule has 37 heavy (non-hydrogen) atoms. The topological polar surface area (TPSA) is 79.7 Å². The number of aromatic nitrogens is 2. The van der Waals surface area contributed by atoms with Crippen molar-refractivity contribution in [2.24, 2.45) is 0 Å². The molecule has 0 saturated heterocycles. The van der Waals surface area contributed by atoms with Crippen molar-refractivity contribution in [3.05, 3.63) is 85.2 Å². The van der Waals surface area contributed by atoms with Crippen molar-refractivity contribution in [3.63, 3.8) is 0 Å². The first-order chi connectivity index (χ1) is 17.9. The second-order valence-electron chi connectivity index (χ2n) is 8.59. The van der Waals surface area contributed by atoms with Gasteiger partial charge in [0, 0.05) is 11.6 Å². The lowest BCUT2D eigenvalue weighted by atomic mass is 10.1. The van der Waals surface area contributed by atoms with Crippen LogP contribution in [0.4, 0.5) is 0 Å². The first kappa shape index (κ1) is 25.0. The SMILES string of the molecule is CCOC(=O)c1sc2nc3n(c(=O)c2c1C)CC/C3=C\c1ccc(OCc2ccc(Cl)cc2)c(OC)c1. The van der Waals surface area contributed by atoms with Crippen LogP contribution in [0.5, 0.6) is 11.5 Å². The summed E-state index contributed by atoms with van der Waals surface area (Å²) in [7, 11) is 1.60. The Bertz CT molecular complexity index is 1590. The summed E-state index contributed by atoms with van der Waals surface area (Å²) in [5, 5.41) is 1.17. The molecule has 0 fully saturated rings. The Morgan fingerprint density at radius 3 is 2.70 bits per heavy atom. The number of benzene rings is 2. The van der Waals surface area contributed by atoms with E-state index in [9.17, 15) is 9.59 Å². The molecule has 0 radical (unpaired) electrons. The number of fused-ring (bicyclic) bond motifs is 2. The van der Waals surface area contributed by atoms with Gasteiger partial charge in [0.05, 0.1) is 19.1 Å². The van der Waals surface area contributed by atoms with Gasteiger partial charge in [0.2, 0.25) is 0 Å². The van der Waals surface area contributed by atoms with Crippen molar-refractivity contribution in [2.75, 3.05) is 13.7 Å². The fraction of sp³-hybridized carbons (Fsp3) is 0.250. The van der Waals surface area contributed by atoms with Crippen LogP contribution in [-0.4, -0.2) is 29.2 Å². The van der Waals surface area contributed by atoms with Crippen LogP contribution in [0.25, 0.3) is 21.9 Å². The van der Waals surface area contributed by atoms with Gasteiger partial charge in [-0.25, -0.2) is 9.78 Å². The Morgan fingerprint density at radius 1 is 1.19 bits per heavy atom. The zero-order chi connectivity index (χ0) is 26.1. The Labute approximate surface area is 222 Å². The summed E-state index contributed by atoms with van der Waals surface area (Å²) in [5.41, 5.74) is 3.35. The molecule has 7 nitrogen and oxygen atoms in total. The highest BCUT2D eigenvalue weighted by Gasteiger charge is 2.26. The Morgan fingerprint density at radius 2 is 1.97 bits per heavy atom. The summed E-state index contributed by atoms with van der Waals surface area (Å²) in [6.07, 6.45) is 2.69. The number of rotatable bonds is 7. The van der Waals surface area contributed by atoms with E-state index < -0.39 is 5.97 Å². The van der Waals surface area contributed by atoms with Crippen molar-refractivity contribution >= 4 is 50.8 Å². The molecule has 0 aliphatic carbocycles. The summed E-state index contributed by atoms with van der Waals surface area (Å²) in [4.78, 5) is 31.4. The molecule has 5 rings (SSSR count). The normalized spacial score (nSPS) is 13.7. The predicted octanol–water partition coefficient (Wildman–Crippen LogP) is 6.13. The zero-order valence-electron chi connectivity index (χ0n) is 20.7. The number of carbonyl (C=O) groups is 1. The van der Waals surface area contributed by atoms with Crippen LogP contribution in [0.3, 0.4) is 0 Å². The third-order valence-corrected chi connectivity index (χ3v) is 7.66. The molecule has 1 aliphatic heterocycles. The van der Waals surface area contributed by atoms with Crippen LogP contribution < -0.4 is 15.0 Å². The molecule has 190 valence electrons. The van der Waals surface area contributed by atoms with Crippen molar-refractivity contribution in [3.8, 4) is 11.5 Å². The lowest BCUT2D eigenvalue weighted by molar-refractivity contribution is 0.0531. The van der Waals surface area contributed by atoms with Crippen molar-refractivity contribution in [1.29, 1.82) is 0 Å². The number of ether oxygens (including phenoxy) is 3. The van der Waals surface area contributed by atoms with E-state index in [1.807, 2.05) is 48.5 Å². The molecule has 2 aromatic carbocycles. The van der Waals surface area contributed by atoms with Crippen LogP contribution in [-0.2, 0) is 17.9 Å². The first-order valence-corrected chi connectivity index (χ1v) is 13.1. The number of esters is 1. The molecule has 0 amide bonds. The number of thiophene rings is 1. The maximum Gasteiger partial charge on any atom is 0.348 e. The largest absolute Gasteiger partial charge is 0.493 e. The Kier molecular flexibility index (Phi) is 7.04. The van der Waals surface area contributed by atoms with Gasteiger partial charge in [-0.1, -0.05) is 29.8 Å². The fourth-order valence-corrected chi connectivity index (χ4v) is 5.57. The minimum absolute atomic E-state index is 0.128. The van der Waals surface area contributed by atoms with Gasteiger partial charge < -0.3 is 14.2 Å². The third kappa shape index (κ3) is 4.86. The Balaban J connectivity index is 1.44. The maximum atomic E-state index is 13.3. The Hall–Kier alpha value is -3.62. The predicted molar refractivity (Wildman–Crippen MR) is 146 cm³/mol. The van der Waals surface area contributed by atoms with Gasteiger partial charge in [-0.15, -0.1) is 11.3 Å². The number of allylic oxidation sites excluding steroid dienone is 1. The molecule has 4 aromatic rings. The highest BCUT2D eigenvalue weighted by atomic mass is 35.5. The number of hydrogen-bond donors (Lipinski definition) is 0. The molecule has 0 N–H and O–H groups in total. The summed E-state index contributed by atoms with van der Waals surface area (Å²) >= 11 is 7.16. The van der Waals surface area contributed by atoms with E-state index in [1.54, 1.807) is 25.5 Å². The number of aryl methyl sites for hydroxylation is 1. The van der Waals surface area contributed by atoms with Crippen LogP contribution in [0.15, 0.2) is 47.3 Å². The third-order valence-electron chi connectivity index (χ3n) is 6.24. The molecule has 0 spiro atoms. The molecule has 0 bridgehead atoms. The van der Waals surface area contributed by atoms with Crippen LogP contribution in [0.1, 0.15) is 45.5 Å². The van der Waals surface area contributed by atoms with Gasteiger partial charge in [0.1, 0.15) is 22.1 Å². The van der Waals surface area contributed by atoms with Crippen molar-refractivity contribution in [2.45, 2.75) is 33.4 Å². The highest BCUT2D eigenvalue weighted by Crippen LogP contribution is 2.35. The van der Waals surface area contributed by atoms with Gasteiger partial charge in [0.15, 0.2) is 11.5 Å². The van der Waals surface area contributed by atoms with Crippen molar-refractivity contribution < 1.29 is 19.0 Å². The number of carbonyl (C=O) groups excluding carboxylic acids is 1. The molecule has 0 saturated carbocycles. The highest BCUT2D eigenvalue weighted by molar-refractivity contribution is 7.20. The minimum atomic E-state index is -0.422. The van der Waals surface area contributed by atoms with Crippen molar-refractivity contribution in [1.82, 2.24) is 9.55 Å². The zero-order valence-corrected chi connectivity index (χ0v) is 22.2. The van der Waals surface area contributed by atoms with Gasteiger partial charge in [-0.05, 0) is 72.9 Å². The summed E-state index contributed by atoms with van der Waals surface area (Å²) in [5.74, 6) is 1.43. The number of nitrogens with zero attached hydrogens (tertiary/aromatic N) is 2. The van der Waals surface area contributed by atoms with Gasteiger partial charge in [0.25, 0.3) is 5.56 Å². The maximum absolute atomic E-state index is 13.3. The second kappa shape index (κ2) is 10.4. The average Bonchev–Trinajstić information content (AvgIpc) is 3.45. The lowest BCUT2D eigenvalue weighted by Crippen LogP contribution is -2.20. The molecule has 9 heteroatoms. The molecule has 0 unspecified atom stereocenters. The summed E-state index contributed by atoms with van der Waals surface area (Å²) < 4.78 is 18.4. The van der Waals surface area contributed by atoms with E-state index in [4.69, 9.17) is 30.8 Å². The molecular formula is C28H25ClN2O5S. The fourth-order valence-electron chi connectivity index (χ4n) is 4.38. The monoisotopic (exact) mass is 536 g/mol. The van der Waals surface area contributed by atoms with Gasteiger partial charge in [-0.3, -0.25) is 9.36 Å². The minimum Gasteiger partial charge on any atom is -0.493 e. The molecule has 2 aromatic heterocycles. The van der Waals surface area contributed by atoms with E-state index in [0.29, 0.717) is 62.6 Å². The van der Waals surface area contributed by atoms with E-state index in [2.05, 4.69) is 0 Å². The van der Waals surface area contributed by atoms with E-state index >= 15 is 0 Å². The molecule has 0 atom stereocenters. The summed E-state index contributed by atoms with van der Waals surface area (Å²) in [6.45, 7) is 4.73. The van der Waals surface area contributed by atoms with E-state index in [1.165, 1.54) is 11.3 Å². The molecular weight excluding hydrogens is 512 g/mol. The molecule has 3 heterocycles. The summed E-state index contributed by atoms with van der Waals surface area (Å²) in [6, 6.07) is 13.2. The first-order valence-electron chi connectivity index (χ1n) is 11.9. The van der Waals surface area contributed by atoms with Crippen LogP contribution in [0.2, 0.25) is 5.02 Å². The molecule has 1 aliphatic rings. The van der Waals surface area contributed by atoms with E-state index in [-0.39, 0.29) is 12.2 Å². The van der Waals surface area contributed by atoms with E-state index in [0.717, 1.165) is 16.7 Å². The quantitative estimate of drug-likeness (QED) is 0.264.